The zero-order chi connectivity index (χ0) is 11.7. The van der Waals surface area contributed by atoms with Gasteiger partial charge in [0.2, 0.25) is 5.91 Å². The van der Waals surface area contributed by atoms with E-state index in [1.807, 2.05) is 11.8 Å². The smallest absolute Gasteiger partial charge is 0.239 e. The molecule has 2 saturated heterocycles. The minimum absolute atomic E-state index is 0.00226. The van der Waals surface area contributed by atoms with E-state index in [9.17, 15) is 9.90 Å². The molecule has 4 heteroatoms. The number of aliphatic hydroxyl groups excluding tert-OH is 1. The Balaban J connectivity index is 1.95. The molecule has 0 saturated carbocycles. The summed E-state index contributed by atoms with van der Waals surface area (Å²) in [7, 11) is 0. The Labute approximate surface area is 97.0 Å². The third-order valence-electron chi connectivity index (χ3n) is 3.97. The standard InChI is InChI=1S/C12H22N2O2/c1-8-3-5-13-11(8)12(16)14-6-4-10(15)9(2)7-14/h8-11,13,15H,3-7H2,1-2H3. The van der Waals surface area contributed by atoms with E-state index < -0.39 is 0 Å². The van der Waals surface area contributed by atoms with Crippen molar-refractivity contribution in [2.45, 2.75) is 38.8 Å². The topological polar surface area (TPSA) is 52.6 Å². The van der Waals surface area contributed by atoms with Crippen molar-refractivity contribution in [1.29, 1.82) is 0 Å². The second kappa shape index (κ2) is 4.72. The van der Waals surface area contributed by atoms with E-state index in [0.717, 1.165) is 13.0 Å². The van der Waals surface area contributed by atoms with E-state index in [-0.39, 0.29) is 24.0 Å². The molecule has 0 aromatic heterocycles. The van der Waals surface area contributed by atoms with Crippen LogP contribution in [0, 0.1) is 11.8 Å². The van der Waals surface area contributed by atoms with Crippen LogP contribution in [-0.2, 0) is 4.79 Å². The Hall–Kier alpha value is -0.610. The van der Waals surface area contributed by atoms with Gasteiger partial charge >= 0.3 is 0 Å². The molecule has 0 bridgehead atoms. The van der Waals surface area contributed by atoms with Crippen molar-refractivity contribution >= 4 is 5.91 Å². The molecule has 4 nitrogen and oxygen atoms in total. The maximum atomic E-state index is 12.2. The third-order valence-corrected chi connectivity index (χ3v) is 3.97. The third kappa shape index (κ3) is 2.23. The Morgan fingerprint density at radius 1 is 1.31 bits per heavy atom. The van der Waals surface area contributed by atoms with Crippen LogP contribution in [-0.4, -0.2) is 47.7 Å². The summed E-state index contributed by atoms with van der Waals surface area (Å²) < 4.78 is 0. The van der Waals surface area contributed by atoms with Gasteiger partial charge in [-0.25, -0.2) is 0 Å². The number of carbonyl (C=O) groups excluding carboxylic acids is 1. The average molecular weight is 226 g/mol. The Bertz CT molecular complexity index is 270. The summed E-state index contributed by atoms with van der Waals surface area (Å²) in [6.07, 6.45) is 1.56. The second-order valence-electron chi connectivity index (χ2n) is 5.32. The van der Waals surface area contributed by atoms with Crippen LogP contribution < -0.4 is 5.32 Å². The number of likely N-dealkylation sites (tertiary alicyclic amines) is 1. The zero-order valence-electron chi connectivity index (χ0n) is 10.1. The molecule has 0 aliphatic carbocycles. The number of amides is 1. The minimum Gasteiger partial charge on any atom is -0.393 e. The molecule has 2 N–H and O–H groups in total. The lowest BCUT2D eigenvalue weighted by atomic mass is 9.95. The second-order valence-corrected chi connectivity index (χ2v) is 5.32. The van der Waals surface area contributed by atoms with Crippen molar-refractivity contribution in [3.05, 3.63) is 0 Å². The lowest BCUT2D eigenvalue weighted by Crippen LogP contribution is -2.51. The monoisotopic (exact) mass is 226 g/mol. The number of hydrogen-bond acceptors (Lipinski definition) is 3. The van der Waals surface area contributed by atoms with Crippen molar-refractivity contribution < 1.29 is 9.90 Å². The predicted molar refractivity (Wildman–Crippen MR) is 61.9 cm³/mol. The van der Waals surface area contributed by atoms with E-state index >= 15 is 0 Å². The molecular weight excluding hydrogens is 204 g/mol. The van der Waals surface area contributed by atoms with Crippen LogP contribution in [0.25, 0.3) is 0 Å². The quantitative estimate of drug-likeness (QED) is 0.672. The van der Waals surface area contributed by atoms with Crippen LogP contribution in [0.15, 0.2) is 0 Å². The fraction of sp³-hybridized carbons (Fsp3) is 0.917. The summed E-state index contributed by atoms with van der Waals surface area (Å²) in [5.74, 6) is 0.868. The first-order valence-corrected chi connectivity index (χ1v) is 6.30. The summed E-state index contributed by atoms with van der Waals surface area (Å²) in [6, 6.07) is 0.00226. The van der Waals surface area contributed by atoms with Gasteiger partial charge in [0.25, 0.3) is 0 Å². The first-order chi connectivity index (χ1) is 7.59. The number of nitrogens with one attached hydrogen (secondary N) is 1. The molecule has 92 valence electrons. The molecule has 2 aliphatic heterocycles. The molecule has 4 atom stereocenters. The van der Waals surface area contributed by atoms with Crippen LogP contribution in [0.5, 0.6) is 0 Å². The molecular formula is C12H22N2O2. The maximum Gasteiger partial charge on any atom is 0.239 e. The highest BCUT2D eigenvalue weighted by molar-refractivity contribution is 5.82. The lowest BCUT2D eigenvalue weighted by Gasteiger charge is -2.36. The first-order valence-electron chi connectivity index (χ1n) is 6.30. The van der Waals surface area contributed by atoms with Gasteiger partial charge in [-0.05, 0) is 31.2 Å². The number of rotatable bonds is 1. The van der Waals surface area contributed by atoms with Crippen molar-refractivity contribution in [3.63, 3.8) is 0 Å². The molecule has 0 spiro atoms. The van der Waals surface area contributed by atoms with E-state index in [1.165, 1.54) is 0 Å². The van der Waals surface area contributed by atoms with Gasteiger partial charge in [-0.1, -0.05) is 13.8 Å². The van der Waals surface area contributed by atoms with Gasteiger partial charge in [0.1, 0.15) is 0 Å². The van der Waals surface area contributed by atoms with E-state index in [0.29, 0.717) is 25.4 Å². The molecule has 2 rings (SSSR count). The molecule has 2 fully saturated rings. The summed E-state index contributed by atoms with van der Waals surface area (Å²) in [4.78, 5) is 14.2. The molecule has 0 aromatic carbocycles. The highest BCUT2D eigenvalue weighted by Gasteiger charge is 2.35. The largest absolute Gasteiger partial charge is 0.393 e. The van der Waals surface area contributed by atoms with Gasteiger partial charge in [-0.2, -0.15) is 0 Å². The highest BCUT2D eigenvalue weighted by Crippen LogP contribution is 2.21. The minimum atomic E-state index is -0.238. The van der Waals surface area contributed by atoms with Crippen molar-refractivity contribution in [1.82, 2.24) is 10.2 Å². The van der Waals surface area contributed by atoms with Gasteiger partial charge < -0.3 is 15.3 Å². The Morgan fingerprint density at radius 2 is 2.06 bits per heavy atom. The molecule has 0 radical (unpaired) electrons. The van der Waals surface area contributed by atoms with E-state index in [2.05, 4.69) is 12.2 Å². The van der Waals surface area contributed by atoms with Crippen molar-refractivity contribution in [3.8, 4) is 0 Å². The molecule has 16 heavy (non-hydrogen) atoms. The normalized spacial score (nSPS) is 40.1. The van der Waals surface area contributed by atoms with Crippen LogP contribution in [0.4, 0.5) is 0 Å². The molecule has 2 heterocycles. The van der Waals surface area contributed by atoms with Crippen molar-refractivity contribution in [2.75, 3.05) is 19.6 Å². The zero-order valence-corrected chi connectivity index (χ0v) is 10.1. The molecule has 2 aliphatic rings. The molecule has 0 aromatic rings. The Kier molecular flexibility index (Phi) is 3.50. The molecule has 1 amide bonds. The number of piperidine rings is 1. The highest BCUT2D eigenvalue weighted by atomic mass is 16.3. The number of hydrogen-bond donors (Lipinski definition) is 2. The predicted octanol–water partition coefficient (Wildman–Crippen LogP) is 0.214. The SMILES string of the molecule is CC1CN(C(=O)C2NCCC2C)CCC1O. The fourth-order valence-electron chi connectivity index (χ4n) is 2.70. The van der Waals surface area contributed by atoms with Gasteiger partial charge in [0, 0.05) is 13.1 Å². The summed E-state index contributed by atoms with van der Waals surface area (Å²) in [5.41, 5.74) is 0. The first kappa shape index (κ1) is 11.9. The van der Waals surface area contributed by atoms with Crippen LogP contribution in [0.3, 0.4) is 0 Å². The van der Waals surface area contributed by atoms with Crippen LogP contribution >= 0.6 is 0 Å². The fourth-order valence-corrected chi connectivity index (χ4v) is 2.70. The summed E-state index contributed by atoms with van der Waals surface area (Å²) in [5, 5.41) is 12.9. The maximum absolute atomic E-state index is 12.2. The van der Waals surface area contributed by atoms with E-state index in [4.69, 9.17) is 0 Å². The van der Waals surface area contributed by atoms with Gasteiger partial charge in [-0.15, -0.1) is 0 Å². The number of aliphatic hydroxyl groups is 1. The van der Waals surface area contributed by atoms with Gasteiger partial charge in [-0.3, -0.25) is 4.79 Å². The number of nitrogens with zero attached hydrogens (tertiary/aromatic N) is 1. The number of carbonyl (C=O) groups is 1. The van der Waals surface area contributed by atoms with Crippen molar-refractivity contribution in [2.24, 2.45) is 11.8 Å². The van der Waals surface area contributed by atoms with E-state index in [1.54, 1.807) is 0 Å². The Morgan fingerprint density at radius 3 is 2.62 bits per heavy atom. The average Bonchev–Trinajstić information content (AvgIpc) is 2.67. The van der Waals surface area contributed by atoms with Gasteiger partial charge in [0.15, 0.2) is 0 Å². The summed E-state index contributed by atoms with van der Waals surface area (Å²) >= 11 is 0. The van der Waals surface area contributed by atoms with Crippen LogP contribution in [0.1, 0.15) is 26.7 Å². The van der Waals surface area contributed by atoms with Gasteiger partial charge in [0.05, 0.1) is 12.1 Å². The molecule has 4 unspecified atom stereocenters. The lowest BCUT2D eigenvalue weighted by molar-refractivity contribution is -0.137. The summed E-state index contributed by atoms with van der Waals surface area (Å²) in [6.45, 7) is 6.49. The van der Waals surface area contributed by atoms with Crippen LogP contribution in [0.2, 0.25) is 0 Å².